The third-order valence-electron chi connectivity index (χ3n) is 4.02. The van der Waals surface area contributed by atoms with Crippen molar-refractivity contribution in [3.63, 3.8) is 0 Å². The Balaban J connectivity index is 1.82. The zero-order chi connectivity index (χ0) is 14.1. The van der Waals surface area contributed by atoms with Crippen molar-refractivity contribution >= 4 is 15.9 Å². The van der Waals surface area contributed by atoms with E-state index in [0.29, 0.717) is 10.9 Å². The highest BCUT2D eigenvalue weighted by Crippen LogP contribution is 2.28. The number of hydrogen-bond donors (Lipinski definition) is 1. The fourth-order valence-electron chi connectivity index (χ4n) is 2.88. The van der Waals surface area contributed by atoms with Crippen LogP contribution in [0.25, 0.3) is 0 Å². The molecule has 0 aliphatic heterocycles. The smallest absolute Gasteiger partial charge is 0.137 e. The SMILES string of the molecule is NC(Cc1cccc(F)c1Br)c1ccc2c(c1)CCC2. The van der Waals surface area contributed by atoms with Crippen LogP contribution in [0.15, 0.2) is 40.9 Å². The van der Waals surface area contributed by atoms with Gasteiger partial charge in [0.05, 0.1) is 4.47 Å². The Morgan fingerprint density at radius 3 is 2.80 bits per heavy atom. The average Bonchev–Trinajstić information content (AvgIpc) is 2.91. The minimum Gasteiger partial charge on any atom is -0.324 e. The van der Waals surface area contributed by atoms with E-state index >= 15 is 0 Å². The van der Waals surface area contributed by atoms with Gasteiger partial charge in [0.15, 0.2) is 0 Å². The normalized spacial score (nSPS) is 15.2. The van der Waals surface area contributed by atoms with Gasteiger partial charge in [-0.2, -0.15) is 0 Å². The molecular weight excluding hydrogens is 317 g/mol. The van der Waals surface area contributed by atoms with Gasteiger partial charge in [-0.25, -0.2) is 4.39 Å². The zero-order valence-corrected chi connectivity index (χ0v) is 12.8. The highest BCUT2D eigenvalue weighted by Gasteiger charge is 2.15. The Kier molecular flexibility index (Phi) is 3.90. The van der Waals surface area contributed by atoms with E-state index in [4.69, 9.17) is 5.73 Å². The molecule has 2 N–H and O–H groups in total. The number of nitrogens with two attached hydrogens (primary N) is 1. The molecule has 104 valence electrons. The molecule has 0 saturated heterocycles. The lowest BCUT2D eigenvalue weighted by Crippen LogP contribution is -2.14. The lowest BCUT2D eigenvalue weighted by molar-refractivity contribution is 0.614. The summed E-state index contributed by atoms with van der Waals surface area (Å²) < 4.78 is 14.0. The van der Waals surface area contributed by atoms with Gasteiger partial charge in [0.1, 0.15) is 5.82 Å². The molecule has 3 heteroatoms. The molecule has 0 radical (unpaired) electrons. The molecular formula is C17H17BrFN. The van der Waals surface area contributed by atoms with Gasteiger partial charge in [-0.15, -0.1) is 0 Å². The van der Waals surface area contributed by atoms with Crippen LogP contribution < -0.4 is 5.73 Å². The van der Waals surface area contributed by atoms with Crippen LogP contribution in [-0.2, 0) is 19.3 Å². The second kappa shape index (κ2) is 5.66. The van der Waals surface area contributed by atoms with Gasteiger partial charge in [0.25, 0.3) is 0 Å². The average molecular weight is 334 g/mol. The lowest BCUT2D eigenvalue weighted by Gasteiger charge is -2.15. The largest absolute Gasteiger partial charge is 0.324 e. The molecule has 1 aliphatic carbocycles. The molecule has 0 spiro atoms. The molecule has 0 fully saturated rings. The van der Waals surface area contributed by atoms with E-state index < -0.39 is 0 Å². The number of hydrogen-bond acceptors (Lipinski definition) is 1. The summed E-state index contributed by atoms with van der Waals surface area (Å²) >= 11 is 3.30. The minimum absolute atomic E-state index is 0.0981. The van der Waals surface area contributed by atoms with Gasteiger partial charge < -0.3 is 5.73 Å². The van der Waals surface area contributed by atoms with Gasteiger partial charge >= 0.3 is 0 Å². The molecule has 0 amide bonds. The molecule has 0 saturated carbocycles. The quantitative estimate of drug-likeness (QED) is 0.889. The maximum Gasteiger partial charge on any atom is 0.137 e. The number of halogens is 2. The summed E-state index contributed by atoms with van der Waals surface area (Å²) in [6, 6.07) is 11.5. The number of aryl methyl sites for hydroxylation is 2. The van der Waals surface area contributed by atoms with Crippen LogP contribution in [-0.4, -0.2) is 0 Å². The molecule has 0 bridgehead atoms. The molecule has 2 aromatic carbocycles. The summed E-state index contributed by atoms with van der Waals surface area (Å²) in [5, 5.41) is 0. The summed E-state index contributed by atoms with van der Waals surface area (Å²) in [5.41, 5.74) is 11.2. The fraction of sp³-hybridized carbons (Fsp3) is 0.294. The van der Waals surface area contributed by atoms with Crippen molar-refractivity contribution in [2.45, 2.75) is 31.7 Å². The van der Waals surface area contributed by atoms with Crippen LogP contribution in [0, 0.1) is 5.82 Å². The molecule has 1 atom stereocenters. The van der Waals surface area contributed by atoms with Crippen molar-refractivity contribution in [2.24, 2.45) is 5.73 Å². The van der Waals surface area contributed by atoms with Gasteiger partial charge in [0.2, 0.25) is 0 Å². The summed E-state index contributed by atoms with van der Waals surface area (Å²) in [5.74, 6) is -0.233. The first kappa shape index (κ1) is 13.8. The van der Waals surface area contributed by atoms with E-state index in [0.717, 1.165) is 17.5 Å². The van der Waals surface area contributed by atoms with Gasteiger partial charge in [-0.1, -0.05) is 30.3 Å². The maximum atomic E-state index is 13.5. The topological polar surface area (TPSA) is 26.0 Å². The predicted molar refractivity (Wildman–Crippen MR) is 83.2 cm³/mol. The van der Waals surface area contributed by atoms with E-state index in [2.05, 4.69) is 34.1 Å². The molecule has 2 aromatic rings. The Labute approximate surface area is 127 Å². The molecule has 20 heavy (non-hydrogen) atoms. The van der Waals surface area contributed by atoms with E-state index in [1.807, 2.05) is 6.07 Å². The minimum atomic E-state index is -0.233. The van der Waals surface area contributed by atoms with Crippen molar-refractivity contribution in [1.29, 1.82) is 0 Å². The maximum absolute atomic E-state index is 13.5. The predicted octanol–water partition coefficient (Wildman–Crippen LogP) is 4.32. The molecule has 3 rings (SSSR count). The van der Waals surface area contributed by atoms with Crippen molar-refractivity contribution in [3.8, 4) is 0 Å². The third-order valence-corrected chi connectivity index (χ3v) is 4.91. The Morgan fingerprint density at radius 2 is 1.95 bits per heavy atom. The molecule has 0 heterocycles. The van der Waals surface area contributed by atoms with Crippen LogP contribution in [0.4, 0.5) is 4.39 Å². The first-order valence-electron chi connectivity index (χ1n) is 6.95. The Morgan fingerprint density at radius 1 is 1.15 bits per heavy atom. The number of rotatable bonds is 3. The van der Waals surface area contributed by atoms with Crippen LogP contribution in [0.5, 0.6) is 0 Å². The van der Waals surface area contributed by atoms with Gasteiger partial charge in [-0.3, -0.25) is 0 Å². The Bertz CT molecular complexity index is 639. The monoisotopic (exact) mass is 333 g/mol. The molecule has 0 aromatic heterocycles. The van der Waals surface area contributed by atoms with E-state index in [1.165, 1.54) is 30.0 Å². The van der Waals surface area contributed by atoms with Crippen molar-refractivity contribution in [1.82, 2.24) is 0 Å². The second-order valence-corrected chi connectivity index (χ2v) is 6.20. The van der Waals surface area contributed by atoms with Crippen LogP contribution in [0.3, 0.4) is 0 Å². The summed E-state index contributed by atoms with van der Waals surface area (Å²) in [6.45, 7) is 0. The standard InChI is InChI=1S/C17H17BrFN/c18-17-14(5-2-6-15(17)19)10-16(20)13-8-7-11-3-1-4-12(11)9-13/h2,5-9,16H,1,3-4,10,20H2. The van der Waals surface area contributed by atoms with E-state index in [9.17, 15) is 4.39 Å². The van der Waals surface area contributed by atoms with E-state index in [1.54, 1.807) is 6.07 Å². The van der Waals surface area contributed by atoms with Crippen LogP contribution in [0.1, 0.15) is 34.7 Å². The highest BCUT2D eigenvalue weighted by atomic mass is 79.9. The van der Waals surface area contributed by atoms with Gasteiger partial charge in [0, 0.05) is 6.04 Å². The van der Waals surface area contributed by atoms with Crippen LogP contribution in [0.2, 0.25) is 0 Å². The van der Waals surface area contributed by atoms with Gasteiger partial charge in [-0.05, 0) is 69.9 Å². The summed E-state index contributed by atoms with van der Waals surface area (Å²) in [6.07, 6.45) is 4.21. The van der Waals surface area contributed by atoms with Crippen LogP contribution >= 0.6 is 15.9 Å². The zero-order valence-electron chi connectivity index (χ0n) is 11.2. The molecule has 1 unspecified atom stereocenters. The first-order valence-corrected chi connectivity index (χ1v) is 7.74. The number of fused-ring (bicyclic) bond motifs is 1. The fourth-order valence-corrected chi connectivity index (χ4v) is 3.31. The molecule has 1 nitrogen and oxygen atoms in total. The number of benzene rings is 2. The van der Waals surface area contributed by atoms with Crippen molar-refractivity contribution < 1.29 is 4.39 Å². The summed E-state index contributed by atoms with van der Waals surface area (Å²) in [7, 11) is 0. The van der Waals surface area contributed by atoms with Crippen molar-refractivity contribution in [2.75, 3.05) is 0 Å². The third kappa shape index (κ3) is 2.65. The van der Waals surface area contributed by atoms with E-state index in [-0.39, 0.29) is 11.9 Å². The first-order chi connectivity index (χ1) is 9.65. The lowest BCUT2D eigenvalue weighted by atomic mass is 9.96. The highest BCUT2D eigenvalue weighted by molar-refractivity contribution is 9.10. The van der Waals surface area contributed by atoms with Crippen molar-refractivity contribution in [3.05, 3.63) is 68.9 Å². The molecule has 1 aliphatic rings. The second-order valence-electron chi connectivity index (χ2n) is 5.41. The Hall–Kier alpha value is -1.19. The summed E-state index contributed by atoms with van der Waals surface area (Å²) in [4.78, 5) is 0.